The largest absolute Gasteiger partial charge is 0.493 e. The van der Waals surface area contributed by atoms with E-state index in [1.165, 1.54) is 0 Å². The molecule has 1 aliphatic rings. The van der Waals surface area contributed by atoms with Crippen molar-refractivity contribution in [2.45, 2.75) is 32.7 Å². The third-order valence-electron chi connectivity index (χ3n) is 4.77. The number of nitrogens with zero attached hydrogens (tertiary/aromatic N) is 1. The molecule has 132 valence electrons. The molecule has 1 aliphatic heterocycles. The smallest absolute Gasteiger partial charge is 0.254 e. The molecule has 24 heavy (non-hydrogen) atoms. The Labute approximate surface area is 144 Å². The standard InChI is InChI=1S/C19H28N2O3/c1-6-7-13-10-14(11-15(23-4)17(13)24-5)18(22)21-9-8-16(20)19(2,3)12-21/h6,10-11,16H,1,7-9,12,20H2,2-5H3. The van der Waals surface area contributed by atoms with Crippen LogP contribution in [0, 0.1) is 5.41 Å². The lowest BCUT2D eigenvalue weighted by Crippen LogP contribution is -2.54. The summed E-state index contributed by atoms with van der Waals surface area (Å²) in [6.07, 6.45) is 3.21. The van der Waals surface area contributed by atoms with Crippen molar-refractivity contribution in [2.75, 3.05) is 27.3 Å². The lowest BCUT2D eigenvalue weighted by molar-refractivity contribution is 0.0532. The van der Waals surface area contributed by atoms with Crippen molar-refractivity contribution >= 4 is 5.91 Å². The van der Waals surface area contributed by atoms with E-state index in [1.54, 1.807) is 26.4 Å². The summed E-state index contributed by atoms with van der Waals surface area (Å²) in [6, 6.07) is 3.73. The van der Waals surface area contributed by atoms with E-state index in [1.807, 2.05) is 11.0 Å². The Hall–Kier alpha value is -2.01. The summed E-state index contributed by atoms with van der Waals surface area (Å²) >= 11 is 0. The van der Waals surface area contributed by atoms with Crippen molar-refractivity contribution in [1.82, 2.24) is 4.90 Å². The normalized spacial score (nSPS) is 19.7. The molecule has 1 aromatic carbocycles. The van der Waals surface area contributed by atoms with Crippen LogP contribution >= 0.6 is 0 Å². The van der Waals surface area contributed by atoms with Crippen LogP contribution in [0.25, 0.3) is 0 Å². The minimum atomic E-state index is -0.0889. The molecule has 0 saturated carbocycles. The van der Waals surface area contributed by atoms with E-state index < -0.39 is 0 Å². The fraction of sp³-hybridized carbons (Fsp3) is 0.526. The van der Waals surface area contributed by atoms with Gasteiger partial charge in [0.2, 0.25) is 0 Å². The molecule has 1 fully saturated rings. The van der Waals surface area contributed by atoms with Gasteiger partial charge in [-0.05, 0) is 30.4 Å². The monoisotopic (exact) mass is 332 g/mol. The number of nitrogens with two attached hydrogens (primary N) is 1. The van der Waals surface area contributed by atoms with Gasteiger partial charge in [-0.3, -0.25) is 4.79 Å². The fourth-order valence-corrected chi connectivity index (χ4v) is 3.20. The molecular formula is C19H28N2O3. The van der Waals surface area contributed by atoms with E-state index >= 15 is 0 Å². The van der Waals surface area contributed by atoms with Gasteiger partial charge in [0.1, 0.15) is 0 Å². The van der Waals surface area contributed by atoms with Crippen molar-refractivity contribution in [3.05, 3.63) is 35.9 Å². The molecule has 1 saturated heterocycles. The molecule has 0 aromatic heterocycles. The molecular weight excluding hydrogens is 304 g/mol. The summed E-state index contributed by atoms with van der Waals surface area (Å²) in [5, 5.41) is 0. The van der Waals surface area contributed by atoms with Crippen molar-refractivity contribution in [1.29, 1.82) is 0 Å². The summed E-state index contributed by atoms with van der Waals surface area (Å²) < 4.78 is 10.8. The van der Waals surface area contributed by atoms with E-state index in [4.69, 9.17) is 15.2 Å². The van der Waals surface area contributed by atoms with Gasteiger partial charge in [-0.1, -0.05) is 19.9 Å². The Morgan fingerprint density at radius 3 is 2.67 bits per heavy atom. The van der Waals surface area contributed by atoms with Gasteiger partial charge in [0.25, 0.3) is 5.91 Å². The van der Waals surface area contributed by atoms with Crippen molar-refractivity contribution < 1.29 is 14.3 Å². The first-order valence-electron chi connectivity index (χ1n) is 8.24. The lowest BCUT2D eigenvalue weighted by Gasteiger charge is -2.42. The molecule has 1 heterocycles. The Kier molecular flexibility index (Phi) is 5.54. The molecule has 1 atom stereocenters. The molecule has 0 radical (unpaired) electrons. The van der Waals surface area contributed by atoms with Crippen LogP contribution in [0.15, 0.2) is 24.8 Å². The van der Waals surface area contributed by atoms with Crippen LogP contribution in [0.3, 0.4) is 0 Å². The van der Waals surface area contributed by atoms with Crippen LogP contribution in [0.5, 0.6) is 11.5 Å². The van der Waals surface area contributed by atoms with Crippen LogP contribution in [0.2, 0.25) is 0 Å². The number of likely N-dealkylation sites (tertiary alicyclic amines) is 1. The zero-order valence-electron chi connectivity index (χ0n) is 15.1. The number of ether oxygens (including phenoxy) is 2. The number of methoxy groups -OCH3 is 2. The average Bonchev–Trinajstić information content (AvgIpc) is 2.56. The fourth-order valence-electron chi connectivity index (χ4n) is 3.20. The quantitative estimate of drug-likeness (QED) is 0.842. The van der Waals surface area contributed by atoms with Crippen LogP contribution in [-0.2, 0) is 6.42 Å². The zero-order chi connectivity index (χ0) is 17.9. The van der Waals surface area contributed by atoms with Gasteiger partial charge in [-0.25, -0.2) is 0 Å². The molecule has 1 unspecified atom stereocenters. The summed E-state index contributed by atoms with van der Waals surface area (Å²) in [5.41, 5.74) is 7.59. The number of hydrogen-bond acceptors (Lipinski definition) is 4. The summed E-state index contributed by atoms with van der Waals surface area (Å²) in [5.74, 6) is 1.21. The molecule has 2 rings (SSSR count). The van der Waals surface area contributed by atoms with E-state index in [2.05, 4.69) is 20.4 Å². The number of allylic oxidation sites excluding steroid dienone is 1. The summed E-state index contributed by atoms with van der Waals surface area (Å²) in [7, 11) is 3.17. The maximum absolute atomic E-state index is 13.0. The first-order valence-corrected chi connectivity index (χ1v) is 8.24. The van der Waals surface area contributed by atoms with E-state index in [0.29, 0.717) is 36.6 Å². The SMILES string of the molecule is C=CCc1cc(C(=O)N2CCC(N)C(C)(C)C2)cc(OC)c1OC. The number of carbonyl (C=O) groups is 1. The summed E-state index contributed by atoms with van der Waals surface area (Å²) in [6.45, 7) is 9.31. The van der Waals surface area contributed by atoms with Crippen molar-refractivity contribution in [3.8, 4) is 11.5 Å². The highest BCUT2D eigenvalue weighted by molar-refractivity contribution is 5.95. The van der Waals surface area contributed by atoms with Gasteiger partial charge < -0.3 is 20.1 Å². The topological polar surface area (TPSA) is 64.8 Å². The molecule has 0 aliphatic carbocycles. The van der Waals surface area contributed by atoms with Crippen LogP contribution < -0.4 is 15.2 Å². The molecule has 1 amide bonds. The Bertz CT molecular complexity index is 625. The second kappa shape index (κ2) is 7.26. The highest BCUT2D eigenvalue weighted by atomic mass is 16.5. The first-order chi connectivity index (χ1) is 11.3. The van der Waals surface area contributed by atoms with Crippen molar-refractivity contribution in [3.63, 3.8) is 0 Å². The van der Waals surface area contributed by atoms with E-state index in [0.717, 1.165) is 12.0 Å². The average molecular weight is 332 g/mol. The predicted octanol–water partition coefficient (Wildman–Crippen LogP) is 2.63. The van der Waals surface area contributed by atoms with Gasteiger partial charge in [0, 0.05) is 30.3 Å². The number of rotatable bonds is 5. The molecule has 1 aromatic rings. The first kappa shape index (κ1) is 18.3. The molecule has 0 bridgehead atoms. The number of piperidine rings is 1. The zero-order valence-corrected chi connectivity index (χ0v) is 15.1. The Morgan fingerprint density at radius 2 is 2.12 bits per heavy atom. The Balaban J connectivity index is 2.35. The third kappa shape index (κ3) is 3.56. The highest BCUT2D eigenvalue weighted by Gasteiger charge is 2.35. The maximum Gasteiger partial charge on any atom is 0.254 e. The third-order valence-corrected chi connectivity index (χ3v) is 4.77. The summed E-state index contributed by atoms with van der Waals surface area (Å²) in [4.78, 5) is 14.9. The lowest BCUT2D eigenvalue weighted by atomic mass is 9.79. The van der Waals surface area contributed by atoms with E-state index in [-0.39, 0.29) is 17.4 Å². The minimum absolute atomic E-state index is 0.00115. The van der Waals surface area contributed by atoms with Crippen LogP contribution in [0.1, 0.15) is 36.2 Å². The molecule has 2 N–H and O–H groups in total. The maximum atomic E-state index is 13.0. The Morgan fingerprint density at radius 1 is 1.42 bits per heavy atom. The number of carbonyl (C=O) groups excluding carboxylic acids is 1. The van der Waals surface area contributed by atoms with Gasteiger partial charge in [-0.15, -0.1) is 6.58 Å². The second-order valence-electron chi connectivity index (χ2n) is 6.97. The minimum Gasteiger partial charge on any atom is -0.493 e. The van der Waals surface area contributed by atoms with Gasteiger partial charge in [0.05, 0.1) is 14.2 Å². The van der Waals surface area contributed by atoms with Gasteiger partial charge >= 0.3 is 0 Å². The second-order valence-corrected chi connectivity index (χ2v) is 6.97. The molecule has 5 heteroatoms. The number of hydrogen-bond donors (Lipinski definition) is 1. The van der Waals surface area contributed by atoms with E-state index in [9.17, 15) is 4.79 Å². The van der Waals surface area contributed by atoms with Gasteiger partial charge in [0.15, 0.2) is 11.5 Å². The number of benzene rings is 1. The van der Waals surface area contributed by atoms with Crippen molar-refractivity contribution in [2.24, 2.45) is 11.1 Å². The predicted molar refractivity (Wildman–Crippen MR) is 95.7 cm³/mol. The van der Waals surface area contributed by atoms with Gasteiger partial charge in [-0.2, -0.15) is 0 Å². The highest BCUT2D eigenvalue weighted by Crippen LogP contribution is 2.35. The molecule has 5 nitrogen and oxygen atoms in total. The van der Waals surface area contributed by atoms with Crippen LogP contribution in [0.4, 0.5) is 0 Å². The van der Waals surface area contributed by atoms with Crippen LogP contribution in [-0.4, -0.2) is 44.2 Å². The number of amides is 1. The molecule has 0 spiro atoms.